The van der Waals surface area contributed by atoms with Crippen molar-refractivity contribution in [3.05, 3.63) is 28.8 Å². The molecule has 1 unspecified atom stereocenters. The van der Waals surface area contributed by atoms with Crippen molar-refractivity contribution in [3.63, 3.8) is 0 Å². The summed E-state index contributed by atoms with van der Waals surface area (Å²) in [6.07, 6.45) is 5.21. The van der Waals surface area contributed by atoms with E-state index in [0.29, 0.717) is 12.1 Å². The van der Waals surface area contributed by atoms with Crippen molar-refractivity contribution in [2.75, 3.05) is 11.4 Å². The molecule has 1 atom stereocenters. The van der Waals surface area contributed by atoms with Gasteiger partial charge in [-0.15, -0.1) is 0 Å². The summed E-state index contributed by atoms with van der Waals surface area (Å²) < 4.78 is 0. The van der Waals surface area contributed by atoms with Crippen LogP contribution in [0.5, 0.6) is 0 Å². The molecule has 0 bridgehead atoms. The van der Waals surface area contributed by atoms with Gasteiger partial charge in [0.25, 0.3) is 0 Å². The molecular weight excluding hydrogens is 268 g/mol. The Bertz CT molecular complexity index is 431. The van der Waals surface area contributed by atoms with Gasteiger partial charge in [-0.1, -0.05) is 50.4 Å². The molecule has 1 fully saturated rings. The average molecular weight is 295 g/mol. The number of benzene rings is 1. The first kappa shape index (κ1) is 15.7. The van der Waals surface area contributed by atoms with Crippen LogP contribution in [0.1, 0.15) is 52.0 Å². The molecule has 0 aromatic heterocycles. The third-order valence-corrected chi connectivity index (χ3v) is 4.42. The van der Waals surface area contributed by atoms with Crippen LogP contribution in [0.15, 0.2) is 18.2 Å². The van der Waals surface area contributed by atoms with Crippen LogP contribution < -0.4 is 10.2 Å². The van der Waals surface area contributed by atoms with E-state index >= 15 is 0 Å². The Morgan fingerprint density at radius 3 is 2.85 bits per heavy atom. The minimum atomic E-state index is 0.489. The van der Waals surface area contributed by atoms with Gasteiger partial charge in [-0.25, -0.2) is 0 Å². The SMILES string of the molecule is CC(C)NCc1cccc(Cl)c1N1CCCCCC1C. The third-order valence-electron chi connectivity index (χ3n) is 4.11. The lowest BCUT2D eigenvalue weighted by Gasteiger charge is -2.32. The molecule has 0 spiro atoms. The quantitative estimate of drug-likeness (QED) is 0.872. The van der Waals surface area contributed by atoms with Crippen LogP contribution in [0.2, 0.25) is 5.02 Å². The van der Waals surface area contributed by atoms with Gasteiger partial charge in [-0.2, -0.15) is 0 Å². The lowest BCUT2D eigenvalue weighted by molar-refractivity contribution is 0.581. The van der Waals surface area contributed by atoms with E-state index in [1.54, 1.807) is 0 Å². The molecule has 0 radical (unpaired) electrons. The second-order valence-electron chi connectivity index (χ2n) is 6.17. The van der Waals surface area contributed by atoms with Gasteiger partial charge in [-0.3, -0.25) is 0 Å². The molecule has 1 heterocycles. The van der Waals surface area contributed by atoms with Crippen LogP contribution in [0, 0.1) is 0 Å². The molecule has 1 saturated heterocycles. The predicted octanol–water partition coefficient (Wildman–Crippen LogP) is 4.61. The Morgan fingerprint density at radius 1 is 1.30 bits per heavy atom. The van der Waals surface area contributed by atoms with Gasteiger partial charge in [-0.05, 0) is 31.4 Å². The van der Waals surface area contributed by atoms with E-state index in [1.807, 2.05) is 6.07 Å². The molecule has 1 aromatic rings. The number of hydrogen-bond donors (Lipinski definition) is 1. The number of para-hydroxylation sites is 1. The van der Waals surface area contributed by atoms with Gasteiger partial charge < -0.3 is 10.2 Å². The molecule has 0 amide bonds. The summed E-state index contributed by atoms with van der Waals surface area (Å²) in [4.78, 5) is 2.52. The van der Waals surface area contributed by atoms with Gasteiger partial charge >= 0.3 is 0 Å². The Kier molecular flexibility index (Phi) is 5.74. The van der Waals surface area contributed by atoms with Crippen LogP contribution in [0.3, 0.4) is 0 Å². The average Bonchev–Trinajstić information content (AvgIpc) is 2.61. The van der Waals surface area contributed by atoms with Gasteiger partial charge in [0.05, 0.1) is 10.7 Å². The second kappa shape index (κ2) is 7.33. The summed E-state index contributed by atoms with van der Waals surface area (Å²) in [7, 11) is 0. The molecule has 0 aliphatic carbocycles. The van der Waals surface area contributed by atoms with E-state index in [2.05, 4.69) is 43.1 Å². The normalized spacial score (nSPS) is 20.2. The van der Waals surface area contributed by atoms with Gasteiger partial charge in [0.15, 0.2) is 0 Å². The number of hydrogen-bond acceptors (Lipinski definition) is 2. The van der Waals surface area contributed by atoms with Crippen LogP contribution in [0.25, 0.3) is 0 Å². The maximum atomic E-state index is 6.53. The number of halogens is 1. The van der Waals surface area contributed by atoms with Crippen molar-refractivity contribution in [2.24, 2.45) is 0 Å². The highest BCUT2D eigenvalue weighted by molar-refractivity contribution is 6.33. The van der Waals surface area contributed by atoms with Crippen molar-refractivity contribution < 1.29 is 0 Å². The fraction of sp³-hybridized carbons (Fsp3) is 0.647. The molecule has 1 N–H and O–H groups in total. The van der Waals surface area contributed by atoms with E-state index in [-0.39, 0.29) is 0 Å². The summed E-state index contributed by atoms with van der Waals surface area (Å²) in [6.45, 7) is 8.70. The van der Waals surface area contributed by atoms with E-state index in [9.17, 15) is 0 Å². The minimum absolute atomic E-state index is 0.489. The second-order valence-corrected chi connectivity index (χ2v) is 6.58. The van der Waals surface area contributed by atoms with Crippen molar-refractivity contribution in [3.8, 4) is 0 Å². The molecule has 3 heteroatoms. The zero-order valence-corrected chi connectivity index (χ0v) is 13.7. The van der Waals surface area contributed by atoms with Crippen LogP contribution in [-0.2, 0) is 6.54 Å². The Hall–Kier alpha value is -0.730. The van der Waals surface area contributed by atoms with Crippen LogP contribution in [0.4, 0.5) is 5.69 Å². The first-order chi connectivity index (χ1) is 9.59. The van der Waals surface area contributed by atoms with E-state index in [0.717, 1.165) is 18.1 Å². The van der Waals surface area contributed by atoms with Crippen molar-refractivity contribution >= 4 is 17.3 Å². The molecule has 1 aromatic carbocycles. The van der Waals surface area contributed by atoms with E-state index < -0.39 is 0 Å². The van der Waals surface area contributed by atoms with Gasteiger partial charge in [0.2, 0.25) is 0 Å². The highest BCUT2D eigenvalue weighted by Crippen LogP contribution is 2.34. The molecule has 112 valence electrons. The van der Waals surface area contributed by atoms with Gasteiger partial charge in [0.1, 0.15) is 0 Å². The lowest BCUT2D eigenvalue weighted by atomic mass is 10.1. The molecule has 2 rings (SSSR count). The molecule has 1 aliphatic rings. The maximum absolute atomic E-state index is 6.53. The number of rotatable bonds is 4. The molecule has 20 heavy (non-hydrogen) atoms. The lowest BCUT2D eigenvalue weighted by Crippen LogP contribution is -2.34. The number of anilines is 1. The van der Waals surface area contributed by atoms with Crippen molar-refractivity contribution in [1.82, 2.24) is 5.32 Å². The maximum Gasteiger partial charge on any atom is 0.0643 e. The summed E-state index contributed by atoms with van der Waals surface area (Å²) in [5.74, 6) is 0. The largest absolute Gasteiger partial charge is 0.367 e. The van der Waals surface area contributed by atoms with Crippen molar-refractivity contribution in [1.29, 1.82) is 0 Å². The summed E-state index contributed by atoms with van der Waals surface area (Å²) in [5.41, 5.74) is 2.57. The topological polar surface area (TPSA) is 15.3 Å². The van der Waals surface area contributed by atoms with E-state index in [1.165, 1.54) is 36.9 Å². The number of nitrogens with zero attached hydrogens (tertiary/aromatic N) is 1. The smallest absolute Gasteiger partial charge is 0.0643 e. The standard InChI is InChI=1S/C17H27ClN2/c1-13(2)19-12-15-9-7-10-16(18)17(15)20-11-6-4-5-8-14(20)3/h7,9-10,13-14,19H,4-6,8,11-12H2,1-3H3. The van der Waals surface area contributed by atoms with Crippen molar-refractivity contribution in [2.45, 2.75) is 65.1 Å². The van der Waals surface area contributed by atoms with Crippen LogP contribution >= 0.6 is 11.6 Å². The highest BCUT2D eigenvalue weighted by atomic mass is 35.5. The number of nitrogens with one attached hydrogen (secondary N) is 1. The highest BCUT2D eigenvalue weighted by Gasteiger charge is 2.21. The van der Waals surface area contributed by atoms with Crippen LogP contribution in [-0.4, -0.2) is 18.6 Å². The Balaban J connectivity index is 2.27. The first-order valence-electron chi connectivity index (χ1n) is 7.87. The van der Waals surface area contributed by atoms with E-state index in [4.69, 9.17) is 11.6 Å². The zero-order valence-electron chi connectivity index (χ0n) is 13.0. The molecular formula is C17H27ClN2. The predicted molar refractivity (Wildman–Crippen MR) is 88.7 cm³/mol. The fourth-order valence-corrected chi connectivity index (χ4v) is 3.25. The summed E-state index contributed by atoms with van der Waals surface area (Å²) in [6, 6.07) is 7.35. The molecule has 2 nitrogen and oxygen atoms in total. The molecule has 1 aliphatic heterocycles. The molecule has 0 saturated carbocycles. The Labute approximate surface area is 128 Å². The summed E-state index contributed by atoms with van der Waals surface area (Å²) >= 11 is 6.53. The van der Waals surface area contributed by atoms with Gasteiger partial charge in [0, 0.05) is 25.2 Å². The summed E-state index contributed by atoms with van der Waals surface area (Å²) in [5, 5.41) is 4.40. The minimum Gasteiger partial charge on any atom is -0.367 e. The monoisotopic (exact) mass is 294 g/mol. The third kappa shape index (κ3) is 3.89. The Morgan fingerprint density at radius 2 is 2.10 bits per heavy atom. The zero-order chi connectivity index (χ0) is 14.5. The first-order valence-corrected chi connectivity index (χ1v) is 8.25. The fourth-order valence-electron chi connectivity index (χ4n) is 2.95.